The number of halogens is 3. The lowest BCUT2D eigenvalue weighted by atomic mass is 9.98. The summed E-state index contributed by atoms with van der Waals surface area (Å²) in [6, 6.07) is 15.6. The maximum absolute atomic E-state index is 14.8. The van der Waals surface area contributed by atoms with E-state index in [0.29, 0.717) is 17.7 Å². The molecular weight excluding hydrogens is 429 g/mol. The molecule has 0 radical (unpaired) electrons. The van der Waals surface area contributed by atoms with Crippen molar-refractivity contribution in [3.8, 4) is 28.0 Å². The summed E-state index contributed by atoms with van der Waals surface area (Å²) in [5, 5.41) is 9.38. The van der Waals surface area contributed by atoms with E-state index in [1.54, 1.807) is 31.2 Å². The van der Waals surface area contributed by atoms with Gasteiger partial charge < -0.3 is 14.6 Å². The Hall–Kier alpha value is -3.93. The van der Waals surface area contributed by atoms with Crippen LogP contribution in [0.4, 0.5) is 13.2 Å². The first-order valence-corrected chi connectivity index (χ1v) is 10.2. The van der Waals surface area contributed by atoms with Gasteiger partial charge in [-0.3, -0.25) is 0 Å². The van der Waals surface area contributed by atoms with Crippen molar-refractivity contribution in [3.63, 3.8) is 0 Å². The molecule has 0 atom stereocenters. The minimum atomic E-state index is -0.968. The van der Waals surface area contributed by atoms with Crippen LogP contribution in [0.3, 0.4) is 0 Å². The van der Waals surface area contributed by atoms with Gasteiger partial charge in [-0.05, 0) is 35.7 Å². The standard InChI is InChI=1S/C27H23F3O3/c1-4-32-18(3)25(28)15-17(2)33-16-19-5-7-20(8-6-19)23-13-14-24(27(30)26(23)29)21-9-11-22(31)12-10-21/h5-15,31H,2-4,16H2,1H3/b25-15+. The van der Waals surface area contributed by atoms with E-state index < -0.39 is 17.5 Å². The highest BCUT2D eigenvalue weighted by Crippen LogP contribution is 2.32. The van der Waals surface area contributed by atoms with E-state index in [1.807, 2.05) is 0 Å². The molecule has 33 heavy (non-hydrogen) atoms. The SMILES string of the molecule is C=C(/C=C(/F)C(=C)OCC)OCc1ccc(-c2ccc(-c3ccc(O)cc3)c(F)c2F)cc1. The zero-order valence-electron chi connectivity index (χ0n) is 18.1. The zero-order chi connectivity index (χ0) is 24.0. The van der Waals surface area contributed by atoms with Crippen molar-refractivity contribution >= 4 is 0 Å². The molecule has 0 heterocycles. The molecule has 3 aromatic carbocycles. The first-order valence-electron chi connectivity index (χ1n) is 10.2. The number of hydrogen-bond acceptors (Lipinski definition) is 3. The molecule has 170 valence electrons. The Labute approximate surface area is 190 Å². The highest BCUT2D eigenvalue weighted by molar-refractivity contribution is 5.72. The number of hydrogen-bond donors (Lipinski definition) is 1. The van der Waals surface area contributed by atoms with Gasteiger partial charge in [0.25, 0.3) is 0 Å². The third-order valence-electron chi connectivity index (χ3n) is 4.82. The van der Waals surface area contributed by atoms with Gasteiger partial charge in [0.1, 0.15) is 23.9 Å². The van der Waals surface area contributed by atoms with Gasteiger partial charge in [0, 0.05) is 17.2 Å². The Kier molecular flexibility index (Phi) is 7.61. The van der Waals surface area contributed by atoms with Crippen LogP contribution in [0.5, 0.6) is 5.75 Å². The van der Waals surface area contributed by atoms with Crippen LogP contribution in [0.1, 0.15) is 12.5 Å². The van der Waals surface area contributed by atoms with Gasteiger partial charge >= 0.3 is 0 Å². The minimum Gasteiger partial charge on any atom is -0.508 e. The van der Waals surface area contributed by atoms with E-state index in [2.05, 4.69) is 13.2 Å². The molecule has 0 aliphatic rings. The predicted molar refractivity (Wildman–Crippen MR) is 123 cm³/mol. The Morgan fingerprint density at radius 3 is 1.88 bits per heavy atom. The van der Waals surface area contributed by atoms with Gasteiger partial charge in [0.05, 0.1) is 6.61 Å². The average Bonchev–Trinajstić information content (AvgIpc) is 2.81. The van der Waals surface area contributed by atoms with Crippen LogP contribution in [0.15, 0.2) is 97.2 Å². The molecule has 3 aromatic rings. The summed E-state index contributed by atoms with van der Waals surface area (Å²) in [6.07, 6.45) is 1.08. The van der Waals surface area contributed by atoms with Crippen molar-refractivity contribution in [1.29, 1.82) is 0 Å². The first-order chi connectivity index (χ1) is 15.8. The topological polar surface area (TPSA) is 38.7 Å². The Morgan fingerprint density at radius 2 is 1.36 bits per heavy atom. The lowest BCUT2D eigenvalue weighted by Gasteiger charge is -2.11. The number of rotatable bonds is 9. The van der Waals surface area contributed by atoms with Gasteiger partial charge in [-0.1, -0.05) is 61.7 Å². The second-order valence-electron chi connectivity index (χ2n) is 7.14. The largest absolute Gasteiger partial charge is 0.508 e. The lowest BCUT2D eigenvalue weighted by Crippen LogP contribution is -1.96. The maximum atomic E-state index is 14.8. The van der Waals surface area contributed by atoms with E-state index in [9.17, 15) is 18.3 Å². The molecule has 0 unspecified atom stereocenters. The van der Waals surface area contributed by atoms with Gasteiger partial charge in [-0.2, -0.15) is 0 Å². The highest BCUT2D eigenvalue weighted by atomic mass is 19.2. The second kappa shape index (κ2) is 10.6. The van der Waals surface area contributed by atoms with Crippen molar-refractivity contribution in [3.05, 3.63) is 114 Å². The predicted octanol–water partition coefficient (Wildman–Crippen LogP) is 7.44. The van der Waals surface area contributed by atoms with Crippen molar-refractivity contribution in [2.75, 3.05) is 6.61 Å². The monoisotopic (exact) mass is 452 g/mol. The van der Waals surface area contributed by atoms with E-state index in [4.69, 9.17) is 9.47 Å². The van der Waals surface area contributed by atoms with Crippen LogP contribution < -0.4 is 0 Å². The molecule has 0 aromatic heterocycles. The number of aromatic hydroxyl groups is 1. The average molecular weight is 452 g/mol. The first kappa shape index (κ1) is 23.7. The Balaban J connectivity index is 1.70. The fourth-order valence-corrected chi connectivity index (χ4v) is 3.10. The smallest absolute Gasteiger partial charge is 0.168 e. The molecule has 0 saturated carbocycles. The molecule has 0 spiro atoms. The summed E-state index contributed by atoms with van der Waals surface area (Å²) in [5.41, 5.74) is 1.90. The van der Waals surface area contributed by atoms with Crippen molar-refractivity contribution < 1.29 is 27.8 Å². The third-order valence-corrected chi connectivity index (χ3v) is 4.82. The van der Waals surface area contributed by atoms with Crippen LogP contribution in [-0.2, 0) is 16.1 Å². The quantitative estimate of drug-likeness (QED) is 0.271. The number of phenolic OH excluding ortho intramolecular Hbond substituents is 1. The van der Waals surface area contributed by atoms with Crippen LogP contribution >= 0.6 is 0 Å². The van der Waals surface area contributed by atoms with Crippen LogP contribution in [0.2, 0.25) is 0 Å². The molecule has 0 aliphatic heterocycles. The third kappa shape index (κ3) is 5.86. The van der Waals surface area contributed by atoms with Crippen molar-refractivity contribution in [2.24, 2.45) is 0 Å². The number of phenols is 1. The fraction of sp³-hybridized carbons (Fsp3) is 0.111. The Morgan fingerprint density at radius 1 is 0.848 bits per heavy atom. The number of benzene rings is 3. The van der Waals surface area contributed by atoms with Crippen molar-refractivity contribution in [1.82, 2.24) is 0 Å². The van der Waals surface area contributed by atoms with Crippen LogP contribution in [0.25, 0.3) is 22.3 Å². The van der Waals surface area contributed by atoms with Crippen LogP contribution in [-0.4, -0.2) is 11.7 Å². The molecule has 3 nitrogen and oxygen atoms in total. The summed E-state index contributed by atoms with van der Waals surface area (Å²) in [6.45, 7) is 9.23. The van der Waals surface area contributed by atoms with E-state index in [-0.39, 0.29) is 35.0 Å². The number of allylic oxidation sites excluding steroid dienone is 2. The fourth-order valence-electron chi connectivity index (χ4n) is 3.10. The van der Waals surface area contributed by atoms with Gasteiger partial charge in [0.2, 0.25) is 0 Å². The van der Waals surface area contributed by atoms with Crippen molar-refractivity contribution in [2.45, 2.75) is 13.5 Å². The Bertz CT molecular complexity index is 1180. The summed E-state index contributed by atoms with van der Waals surface area (Å²) >= 11 is 0. The van der Waals surface area contributed by atoms with Crippen LogP contribution in [0, 0.1) is 11.6 Å². The molecule has 0 saturated heterocycles. The minimum absolute atomic E-state index is 0.0426. The molecule has 0 fully saturated rings. The second-order valence-corrected chi connectivity index (χ2v) is 7.14. The van der Waals surface area contributed by atoms with E-state index in [1.165, 1.54) is 36.4 Å². The molecular formula is C27H23F3O3. The van der Waals surface area contributed by atoms with E-state index in [0.717, 1.165) is 11.6 Å². The summed E-state index contributed by atoms with van der Waals surface area (Å²) < 4.78 is 53.8. The van der Waals surface area contributed by atoms with Gasteiger partial charge in [-0.25, -0.2) is 13.2 Å². The normalized spacial score (nSPS) is 11.2. The highest BCUT2D eigenvalue weighted by Gasteiger charge is 2.16. The zero-order valence-corrected chi connectivity index (χ0v) is 18.1. The summed E-state index contributed by atoms with van der Waals surface area (Å²) in [4.78, 5) is 0. The summed E-state index contributed by atoms with van der Waals surface area (Å²) in [5.74, 6) is -2.57. The summed E-state index contributed by atoms with van der Waals surface area (Å²) in [7, 11) is 0. The number of ether oxygens (including phenoxy) is 2. The molecule has 6 heteroatoms. The lowest BCUT2D eigenvalue weighted by molar-refractivity contribution is 0.207. The van der Waals surface area contributed by atoms with Gasteiger partial charge in [-0.15, -0.1) is 0 Å². The maximum Gasteiger partial charge on any atom is 0.168 e. The molecule has 3 rings (SSSR count). The molecule has 1 N–H and O–H groups in total. The van der Waals surface area contributed by atoms with E-state index >= 15 is 0 Å². The molecule has 0 amide bonds. The van der Waals surface area contributed by atoms with Gasteiger partial charge in [0.15, 0.2) is 17.5 Å². The molecule has 0 bridgehead atoms. The molecule has 0 aliphatic carbocycles.